The molecule has 1 aliphatic rings. The van der Waals surface area contributed by atoms with Gasteiger partial charge >= 0.3 is 0 Å². The van der Waals surface area contributed by atoms with Crippen LogP contribution in [-0.4, -0.2) is 13.1 Å². The standard InChI is InChI=1S/C16H23ClFN/c1-16(2)8-4-5-13(16)15(19-3)9-11-6-7-12(17)10-14(11)18/h6-7,10,13,15,19H,4-5,8-9H2,1-3H3. The van der Waals surface area contributed by atoms with Gasteiger partial charge in [-0.2, -0.15) is 0 Å². The number of benzene rings is 1. The summed E-state index contributed by atoms with van der Waals surface area (Å²) in [5.74, 6) is 0.413. The van der Waals surface area contributed by atoms with E-state index in [0.717, 1.165) is 12.0 Å². The van der Waals surface area contributed by atoms with Gasteiger partial charge < -0.3 is 5.32 Å². The third-order valence-electron chi connectivity index (χ3n) is 4.65. The predicted molar refractivity (Wildman–Crippen MR) is 79.1 cm³/mol. The van der Waals surface area contributed by atoms with E-state index in [0.29, 0.717) is 22.4 Å². The van der Waals surface area contributed by atoms with Crippen LogP contribution in [0.5, 0.6) is 0 Å². The van der Waals surface area contributed by atoms with E-state index >= 15 is 0 Å². The van der Waals surface area contributed by atoms with Crippen molar-refractivity contribution in [3.8, 4) is 0 Å². The van der Waals surface area contributed by atoms with Crippen molar-refractivity contribution in [2.45, 2.75) is 45.6 Å². The lowest BCUT2D eigenvalue weighted by atomic mass is 9.76. The number of halogens is 2. The molecule has 1 aliphatic carbocycles. The SMILES string of the molecule is CNC(Cc1ccc(Cl)cc1F)C1CCCC1(C)C. The van der Waals surface area contributed by atoms with Gasteiger partial charge in [-0.1, -0.05) is 37.9 Å². The normalized spacial score (nSPS) is 23.5. The molecule has 0 saturated heterocycles. The monoisotopic (exact) mass is 283 g/mol. The van der Waals surface area contributed by atoms with Gasteiger partial charge in [0.05, 0.1) is 0 Å². The minimum Gasteiger partial charge on any atom is -0.316 e. The van der Waals surface area contributed by atoms with Gasteiger partial charge in [-0.3, -0.25) is 0 Å². The van der Waals surface area contributed by atoms with Gasteiger partial charge in [-0.25, -0.2) is 4.39 Å². The maximum atomic E-state index is 13.9. The average molecular weight is 284 g/mol. The third-order valence-corrected chi connectivity index (χ3v) is 4.89. The molecule has 2 atom stereocenters. The number of nitrogens with one attached hydrogen (secondary N) is 1. The van der Waals surface area contributed by atoms with Crippen molar-refractivity contribution in [2.24, 2.45) is 11.3 Å². The van der Waals surface area contributed by atoms with Gasteiger partial charge in [0.2, 0.25) is 0 Å². The van der Waals surface area contributed by atoms with E-state index < -0.39 is 0 Å². The molecule has 0 aliphatic heterocycles. The van der Waals surface area contributed by atoms with E-state index in [4.69, 9.17) is 11.6 Å². The van der Waals surface area contributed by atoms with E-state index in [-0.39, 0.29) is 5.82 Å². The highest BCUT2D eigenvalue weighted by Crippen LogP contribution is 2.44. The first-order valence-corrected chi connectivity index (χ1v) is 7.43. The lowest BCUT2D eigenvalue weighted by molar-refractivity contribution is 0.201. The molecule has 1 saturated carbocycles. The van der Waals surface area contributed by atoms with E-state index in [2.05, 4.69) is 19.2 Å². The van der Waals surface area contributed by atoms with Crippen LogP contribution in [0.4, 0.5) is 4.39 Å². The molecule has 2 rings (SSSR count). The Morgan fingerprint density at radius 1 is 1.47 bits per heavy atom. The van der Waals surface area contributed by atoms with Gasteiger partial charge in [0.25, 0.3) is 0 Å². The van der Waals surface area contributed by atoms with Gasteiger partial charge in [-0.05, 0) is 55.3 Å². The van der Waals surface area contributed by atoms with Crippen LogP contribution in [0.1, 0.15) is 38.7 Å². The van der Waals surface area contributed by atoms with Crippen molar-refractivity contribution in [3.05, 3.63) is 34.6 Å². The first kappa shape index (κ1) is 14.8. The van der Waals surface area contributed by atoms with Crippen molar-refractivity contribution in [1.82, 2.24) is 5.32 Å². The Hall–Kier alpha value is -0.600. The van der Waals surface area contributed by atoms with Crippen LogP contribution in [0.2, 0.25) is 5.02 Å². The molecule has 1 nitrogen and oxygen atoms in total. The van der Waals surface area contributed by atoms with E-state index in [9.17, 15) is 4.39 Å². The molecule has 0 bridgehead atoms. The lowest BCUT2D eigenvalue weighted by Crippen LogP contribution is -2.40. The fourth-order valence-corrected chi connectivity index (χ4v) is 3.63. The molecule has 0 aromatic heterocycles. The van der Waals surface area contributed by atoms with E-state index in [1.165, 1.54) is 25.3 Å². The molecule has 0 spiro atoms. The fraction of sp³-hybridized carbons (Fsp3) is 0.625. The molecular formula is C16H23ClFN. The summed E-state index contributed by atoms with van der Waals surface area (Å²) in [6.07, 6.45) is 4.50. The van der Waals surface area contributed by atoms with Crippen LogP contribution < -0.4 is 5.32 Å². The van der Waals surface area contributed by atoms with Crippen LogP contribution in [0, 0.1) is 17.2 Å². The fourth-order valence-electron chi connectivity index (χ4n) is 3.47. The van der Waals surface area contributed by atoms with Crippen LogP contribution in [0.15, 0.2) is 18.2 Å². The minimum absolute atomic E-state index is 0.191. The van der Waals surface area contributed by atoms with Crippen molar-refractivity contribution < 1.29 is 4.39 Å². The molecular weight excluding hydrogens is 261 g/mol. The predicted octanol–water partition coefficient (Wildman–Crippen LogP) is 4.44. The van der Waals surface area contributed by atoms with Crippen molar-refractivity contribution in [1.29, 1.82) is 0 Å². The number of hydrogen-bond acceptors (Lipinski definition) is 1. The summed E-state index contributed by atoms with van der Waals surface area (Å²) in [5, 5.41) is 3.85. The Morgan fingerprint density at radius 2 is 2.21 bits per heavy atom. The van der Waals surface area contributed by atoms with Crippen LogP contribution >= 0.6 is 11.6 Å². The summed E-state index contributed by atoms with van der Waals surface area (Å²) < 4.78 is 13.9. The summed E-state index contributed by atoms with van der Waals surface area (Å²) in [4.78, 5) is 0. The minimum atomic E-state index is -0.191. The van der Waals surface area contributed by atoms with Gasteiger partial charge in [-0.15, -0.1) is 0 Å². The highest BCUT2D eigenvalue weighted by atomic mass is 35.5. The zero-order valence-electron chi connectivity index (χ0n) is 12.0. The molecule has 1 aromatic rings. The Morgan fingerprint density at radius 3 is 2.74 bits per heavy atom. The molecule has 0 amide bonds. The Balaban J connectivity index is 2.15. The topological polar surface area (TPSA) is 12.0 Å². The third kappa shape index (κ3) is 3.29. The maximum absolute atomic E-state index is 13.9. The molecule has 3 heteroatoms. The molecule has 1 aromatic carbocycles. The van der Waals surface area contributed by atoms with Crippen molar-refractivity contribution >= 4 is 11.6 Å². The Kier molecular flexibility index (Phi) is 4.52. The summed E-state index contributed by atoms with van der Waals surface area (Å²) in [7, 11) is 1.98. The second kappa shape index (κ2) is 5.80. The van der Waals surface area contributed by atoms with Gasteiger partial charge in [0, 0.05) is 11.1 Å². The Bertz CT molecular complexity index is 444. The van der Waals surface area contributed by atoms with E-state index in [1.54, 1.807) is 6.07 Å². The van der Waals surface area contributed by atoms with E-state index in [1.807, 2.05) is 13.1 Å². The summed E-state index contributed by atoms with van der Waals surface area (Å²) in [6, 6.07) is 5.31. The maximum Gasteiger partial charge on any atom is 0.127 e. The second-order valence-electron chi connectivity index (χ2n) is 6.32. The zero-order valence-corrected chi connectivity index (χ0v) is 12.7. The molecule has 106 valence electrons. The van der Waals surface area contributed by atoms with Gasteiger partial charge in [0.15, 0.2) is 0 Å². The lowest BCUT2D eigenvalue weighted by Gasteiger charge is -2.34. The van der Waals surface area contributed by atoms with Gasteiger partial charge in [0.1, 0.15) is 5.82 Å². The zero-order chi connectivity index (χ0) is 14.0. The highest BCUT2D eigenvalue weighted by molar-refractivity contribution is 6.30. The molecule has 1 N–H and O–H groups in total. The summed E-state index contributed by atoms with van der Waals surface area (Å²) in [6.45, 7) is 4.65. The number of hydrogen-bond donors (Lipinski definition) is 1. The van der Waals surface area contributed by atoms with Crippen LogP contribution in [-0.2, 0) is 6.42 Å². The number of rotatable bonds is 4. The first-order chi connectivity index (χ1) is 8.94. The molecule has 0 radical (unpaired) electrons. The quantitative estimate of drug-likeness (QED) is 0.862. The summed E-state index contributed by atoms with van der Waals surface area (Å²) >= 11 is 5.80. The first-order valence-electron chi connectivity index (χ1n) is 7.05. The molecule has 19 heavy (non-hydrogen) atoms. The van der Waals surface area contributed by atoms with Crippen LogP contribution in [0.25, 0.3) is 0 Å². The van der Waals surface area contributed by atoms with Crippen LogP contribution in [0.3, 0.4) is 0 Å². The second-order valence-corrected chi connectivity index (χ2v) is 6.76. The molecule has 1 fully saturated rings. The summed E-state index contributed by atoms with van der Waals surface area (Å²) in [5.41, 5.74) is 1.10. The van der Waals surface area contributed by atoms with Crippen molar-refractivity contribution in [3.63, 3.8) is 0 Å². The highest BCUT2D eigenvalue weighted by Gasteiger charge is 2.39. The number of likely N-dealkylation sites (N-methyl/N-ethyl adjacent to an activating group) is 1. The molecule has 0 heterocycles. The smallest absolute Gasteiger partial charge is 0.127 e. The largest absolute Gasteiger partial charge is 0.316 e. The molecule has 2 unspecified atom stereocenters. The average Bonchev–Trinajstić information content (AvgIpc) is 2.68. The van der Waals surface area contributed by atoms with Crippen molar-refractivity contribution in [2.75, 3.05) is 7.05 Å². The Labute approximate surface area is 120 Å².